The fourth-order valence-electron chi connectivity index (χ4n) is 1.87. The maximum atomic E-state index is 12.2. The highest BCUT2D eigenvalue weighted by molar-refractivity contribution is 6.17. The predicted octanol–water partition coefficient (Wildman–Crippen LogP) is 3.87. The molecule has 0 radical (unpaired) electrons. The van der Waals surface area contributed by atoms with Crippen LogP contribution in [0.15, 0.2) is 18.3 Å². The molecule has 0 fully saturated rings. The zero-order valence-corrected chi connectivity index (χ0v) is 12.3. The Labute approximate surface area is 117 Å². The van der Waals surface area contributed by atoms with Gasteiger partial charge in [-0.05, 0) is 45.4 Å². The van der Waals surface area contributed by atoms with E-state index in [2.05, 4.69) is 4.98 Å². The van der Waals surface area contributed by atoms with Gasteiger partial charge in [-0.1, -0.05) is 0 Å². The van der Waals surface area contributed by atoms with Gasteiger partial charge in [0.05, 0.1) is 5.88 Å². The molecule has 2 aromatic rings. The monoisotopic (exact) mass is 280 g/mol. The van der Waals surface area contributed by atoms with E-state index < -0.39 is 11.7 Å². The van der Waals surface area contributed by atoms with Crippen LogP contribution in [0.5, 0.6) is 0 Å². The van der Waals surface area contributed by atoms with E-state index >= 15 is 0 Å². The van der Waals surface area contributed by atoms with Crippen molar-refractivity contribution in [2.45, 2.75) is 39.2 Å². The molecule has 0 atom stereocenters. The summed E-state index contributed by atoms with van der Waals surface area (Å²) >= 11 is 5.90. The van der Waals surface area contributed by atoms with Crippen molar-refractivity contribution in [3.63, 3.8) is 0 Å². The lowest BCUT2D eigenvalue weighted by Gasteiger charge is -2.20. The second-order valence-corrected chi connectivity index (χ2v) is 5.78. The number of nitrogens with zero attached hydrogens (tertiary/aromatic N) is 2. The van der Waals surface area contributed by atoms with Gasteiger partial charge < -0.3 is 4.74 Å². The zero-order valence-electron chi connectivity index (χ0n) is 11.5. The summed E-state index contributed by atoms with van der Waals surface area (Å²) in [6.45, 7) is 7.44. The number of hydrogen-bond acceptors (Lipinski definition) is 3. The van der Waals surface area contributed by atoms with Crippen molar-refractivity contribution >= 4 is 28.7 Å². The number of pyridine rings is 1. The Morgan fingerprint density at radius 2 is 2.11 bits per heavy atom. The molecule has 0 aromatic carbocycles. The molecule has 0 aliphatic carbocycles. The van der Waals surface area contributed by atoms with Crippen LogP contribution in [-0.2, 0) is 10.6 Å². The highest BCUT2D eigenvalue weighted by Crippen LogP contribution is 2.22. The second kappa shape index (κ2) is 4.85. The van der Waals surface area contributed by atoms with Crippen LogP contribution in [0.1, 0.15) is 32.0 Å². The molecule has 0 saturated carbocycles. The van der Waals surface area contributed by atoms with E-state index in [1.54, 1.807) is 6.20 Å². The van der Waals surface area contributed by atoms with E-state index in [1.165, 1.54) is 4.57 Å². The SMILES string of the molecule is Cc1cnc2c(c1)cc(CCl)n2C(=O)OC(C)(C)C. The van der Waals surface area contributed by atoms with Crippen molar-refractivity contribution in [2.75, 3.05) is 0 Å². The van der Waals surface area contributed by atoms with Gasteiger partial charge in [0.25, 0.3) is 0 Å². The van der Waals surface area contributed by atoms with Crippen LogP contribution >= 0.6 is 11.6 Å². The summed E-state index contributed by atoms with van der Waals surface area (Å²) in [5.74, 6) is 0.231. The Morgan fingerprint density at radius 3 is 2.68 bits per heavy atom. The van der Waals surface area contributed by atoms with E-state index in [0.29, 0.717) is 11.3 Å². The second-order valence-electron chi connectivity index (χ2n) is 5.51. The maximum absolute atomic E-state index is 12.2. The molecule has 0 aliphatic heterocycles. The Hall–Kier alpha value is -1.55. The number of aryl methyl sites for hydroxylation is 1. The molecule has 0 amide bonds. The van der Waals surface area contributed by atoms with Crippen molar-refractivity contribution in [3.05, 3.63) is 29.6 Å². The van der Waals surface area contributed by atoms with Crippen LogP contribution in [0.25, 0.3) is 11.0 Å². The minimum Gasteiger partial charge on any atom is -0.443 e. The molecule has 2 heterocycles. The molecule has 0 N–H and O–H groups in total. The number of carbonyl (C=O) groups excluding carboxylic acids is 1. The Bertz CT molecular complexity index is 626. The third kappa shape index (κ3) is 2.89. The first-order valence-electron chi connectivity index (χ1n) is 6.08. The van der Waals surface area contributed by atoms with Crippen LogP contribution in [0.3, 0.4) is 0 Å². The summed E-state index contributed by atoms with van der Waals surface area (Å²) in [7, 11) is 0. The highest BCUT2D eigenvalue weighted by atomic mass is 35.5. The van der Waals surface area contributed by atoms with Crippen LogP contribution in [0.4, 0.5) is 4.79 Å². The summed E-state index contributed by atoms with van der Waals surface area (Å²) < 4.78 is 6.83. The van der Waals surface area contributed by atoms with Gasteiger partial charge in [0.2, 0.25) is 0 Å². The van der Waals surface area contributed by atoms with Crippen molar-refractivity contribution in [1.29, 1.82) is 0 Å². The van der Waals surface area contributed by atoms with Crippen molar-refractivity contribution in [1.82, 2.24) is 9.55 Å². The van der Waals surface area contributed by atoms with Crippen LogP contribution < -0.4 is 0 Å². The number of hydrogen-bond donors (Lipinski definition) is 0. The molecule has 19 heavy (non-hydrogen) atoms. The molecule has 5 heteroatoms. The smallest absolute Gasteiger partial charge is 0.420 e. The average Bonchev–Trinajstić information content (AvgIpc) is 2.63. The third-order valence-corrected chi connectivity index (χ3v) is 2.84. The van der Waals surface area contributed by atoms with Gasteiger partial charge in [0, 0.05) is 17.3 Å². The van der Waals surface area contributed by atoms with E-state index in [4.69, 9.17) is 16.3 Å². The van der Waals surface area contributed by atoms with E-state index in [0.717, 1.165) is 10.9 Å². The lowest BCUT2D eigenvalue weighted by molar-refractivity contribution is 0.0540. The molecule has 4 nitrogen and oxygen atoms in total. The normalized spacial score (nSPS) is 11.8. The number of halogens is 1. The molecule has 0 spiro atoms. The van der Waals surface area contributed by atoms with Gasteiger partial charge in [0.1, 0.15) is 11.2 Å². The fraction of sp³-hybridized carbons (Fsp3) is 0.429. The molecule has 2 rings (SSSR count). The topological polar surface area (TPSA) is 44.1 Å². The number of rotatable bonds is 1. The van der Waals surface area contributed by atoms with Gasteiger partial charge in [0.15, 0.2) is 0 Å². The number of carbonyl (C=O) groups is 1. The third-order valence-electron chi connectivity index (χ3n) is 2.57. The molecule has 0 unspecified atom stereocenters. The van der Waals surface area contributed by atoms with Gasteiger partial charge in [-0.25, -0.2) is 14.3 Å². The van der Waals surface area contributed by atoms with Gasteiger partial charge in [-0.3, -0.25) is 0 Å². The maximum Gasteiger partial charge on any atom is 0.420 e. The molecule has 0 saturated heterocycles. The lowest BCUT2D eigenvalue weighted by Crippen LogP contribution is -2.28. The predicted molar refractivity (Wildman–Crippen MR) is 75.7 cm³/mol. The quantitative estimate of drug-likeness (QED) is 0.745. The van der Waals surface area contributed by atoms with Crippen LogP contribution in [0, 0.1) is 6.92 Å². The minimum atomic E-state index is -0.554. The van der Waals surface area contributed by atoms with E-state index in [9.17, 15) is 4.79 Å². The standard InChI is InChI=1S/C14H17ClN2O2/c1-9-5-10-6-11(7-15)17(12(10)16-8-9)13(18)19-14(2,3)4/h5-6,8H,7H2,1-4H3. The first-order chi connectivity index (χ1) is 8.81. The Balaban J connectivity index is 2.54. The summed E-state index contributed by atoms with van der Waals surface area (Å²) in [4.78, 5) is 16.5. The molecular formula is C14H17ClN2O2. The Kier molecular flexibility index (Phi) is 3.54. The number of alkyl halides is 1. The molecule has 2 aromatic heterocycles. The zero-order chi connectivity index (χ0) is 14.2. The molecular weight excluding hydrogens is 264 g/mol. The van der Waals surface area contributed by atoms with Crippen LogP contribution in [0.2, 0.25) is 0 Å². The van der Waals surface area contributed by atoms with Crippen molar-refractivity contribution in [2.24, 2.45) is 0 Å². The molecule has 0 bridgehead atoms. The van der Waals surface area contributed by atoms with Crippen molar-refractivity contribution < 1.29 is 9.53 Å². The largest absolute Gasteiger partial charge is 0.443 e. The summed E-state index contributed by atoms with van der Waals surface area (Å²) in [6, 6.07) is 3.84. The van der Waals surface area contributed by atoms with Gasteiger partial charge >= 0.3 is 6.09 Å². The summed E-state index contributed by atoms with van der Waals surface area (Å²) in [6.07, 6.45) is 1.27. The van der Waals surface area contributed by atoms with E-state index in [-0.39, 0.29) is 5.88 Å². The van der Waals surface area contributed by atoms with Gasteiger partial charge in [-0.2, -0.15) is 0 Å². The Morgan fingerprint density at radius 1 is 1.42 bits per heavy atom. The number of fused-ring (bicyclic) bond motifs is 1. The van der Waals surface area contributed by atoms with Gasteiger partial charge in [-0.15, -0.1) is 11.6 Å². The molecule has 0 aliphatic rings. The highest BCUT2D eigenvalue weighted by Gasteiger charge is 2.22. The number of ether oxygens (including phenoxy) is 1. The average molecular weight is 281 g/mol. The number of aromatic nitrogens is 2. The first-order valence-corrected chi connectivity index (χ1v) is 6.61. The first kappa shape index (κ1) is 13.9. The minimum absolute atomic E-state index is 0.231. The lowest BCUT2D eigenvalue weighted by atomic mass is 10.2. The molecule has 102 valence electrons. The fourth-order valence-corrected chi connectivity index (χ4v) is 2.06. The van der Waals surface area contributed by atoms with Crippen molar-refractivity contribution in [3.8, 4) is 0 Å². The van der Waals surface area contributed by atoms with E-state index in [1.807, 2.05) is 39.8 Å². The van der Waals surface area contributed by atoms with Crippen LogP contribution in [-0.4, -0.2) is 21.2 Å². The summed E-state index contributed by atoms with van der Waals surface area (Å²) in [5.41, 5.74) is 1.75. The summed E-state index contributed by atoms with van der Waals surface area (Å²) in [5, 5.41) is 0.890.